The fraction of sp³-hybridized carbons (Fsp3) is 0.278. The Morgan fingerprint density at radius 2 is 2.07 bits per heavy atom. The first-order chi connectivity index (χ1) is 13.2. The number of hydrogen-bond donors (Lipinski definition) is 4. The molecule has 0 amide bonds. The molecule has 1 aliphatic rings. The molecule has 1 aliphatic carbocycles. The average molecular weight is 361 g/mol. The minimum absolute atomic E-state index is 0.133. The fourth-order valence-corrected chi connectivity index (χ4v) is 2.96. The summed E-state index contributed by atoms with van der Waals surface area (Å²) in [5.74, 6) is 3.26. The fourth-order valence-electron chi connectivity index (χ4n) is 2.96. The van der Waals surface area contributed by atoms with Crippen LogP contribution in [0.25, 0.3) is 11.0 Å². The number of aromatic amines is 2. The minimum atomic E-state index is -0.133. The summed E-state index contributed by atoms with van der Waals surface area (Å²) >= 11 is 0. The van der Waals surface area contributed by atoms with Crippen molar-refractivity contribution >= 4 is 28.6 Å². The summed E-state index contributed by atoms with van der Waals surface area (Å²) < 4.78 is 0. The van der Waals surface area contributed by atoms with Crippen LogP contribution in [0.4, 0.5) is 17.6 Å². The largest absolute Gasteiger partial charge is 0.359 e. The second-order valence-corrected chi connectivity index (χ2v) is 6.74. The molecular formula is C18H19N9. The minimum Gasteiger partial charge on any atom is -0.359 e. The van der Waals surface area contributed by atoms with Gasteiger partial charge in [0.05, 0.1) is 23.3 Å². The highest BCUT2D eigenvalue weighted by molar-refractivity contribution is 5.73. The van der Waals surface area contributed by atoms with Crippen molar-refractivity contribution in [2.75, 3.05) is 10.6 Å². The highest BCUT2D eigenvalue weighted by Crippen LogP contribution is 2.39. The van der Waals surface area contributed by atoms with Crippen molar-refractivity contribution in [3.63, 3.8) is 0 Å². The Bertz CT molecular complexity index is 1080. The molecule has 9 heteroatoms. The normalized spacial score (nSPS) is 15.0. The van der Waals surface area contributed by atoms with Crippen molar-refractivity contribution in [1.29, 1.82) is 0 Å². The van der Waals surface area contributed by atoms with Crippen LogP contribution in [0, 0.1) is 0 Å². The van der Waals surface area contributed by atoms with Crippen molar-refractivity contribution in [3.8, 4) is 0 Å². The van der Waals surface area contributed by atoms with E-state index in [9.17, 15) is 0 Å². The highest BCUT2D eigenvalue weighted by Gasteiger charge is 2.25. The molecule has 4 aromatic rings. The molecule has 0 aromatic carbocycles. The van der Waals surface area contributed by atoms with Crippen molar-refractivity contribution in [1.82, 2.24) is 35.1 Å². The smallest absolute Gasteiger partial charge is 0.225 e. The Kier molecular flexibility index (Phi) is 3.70. The molecule has 9 nitrogen and oxygen atoms in total. The summed E-state index contributed by atoms with van der Waals surface area (Å²) in [7, 11) is 0. The van der Waals surface area contributed by atoms with Gasteiger partial charge < -0.3 is 15.6 Å². The van der Waals surface area contributed by atoms with Crippen LogP contribution in [0.5, 0.6) is 0 Å². The van der Waals surface area contributed by atoms with Gasteiger partial charge in [-0.15, -0.1) is 0 Å². The van der Waals surface area contributed by atoms with Gasteiger partial charge in [0.15, 0.2) is 11.6 Å². The summed E-state index contributed by atoms with van der Waals surface area (Å²) in [4.78, 5) is 20.8. The maximum Gasteiger partial charge on any atom is 0.225 e. The van der Waals surface area contributed by atoms with E-state index in [0.717, 1.165) is 16.9 Å². The molecule has 27 heavy (non-hydrogen) atoms. The van der Waals surface area contributed by atoms with Crippen LogP contribution < -0.4 is 10.6 Å². The Morgan fingerprint density at radius 3 is 2.96 bits per heavy atom. The predicted molar refractivity (Wildman–Crippen MR) is 102 cm³/mol. The average Bonchev–Trinajstić information content (AvgIpc) is 3.23. The number of aromatic nitrogens is 7. The van der Waals surface area contributed by atoms with Gasteiger partial charge in [-0.2, -0.15) is 10.1 Å². The van der Waals surface area contributed by atoms with E-state index >= 15 is 0 Å². The van der Waals surface area contributed by atoms with E-state index in [4.69, 9.17) is 0 Å². The van der Waals surface area contributed by atoms with E-state index in [2.05, 4.69) is 45.8 Å². The van der Waals surface area contributed by atoms with Crippen molar-refractivity contribution < 1.29 is 0 Å². The predicted octanol–water partition coefficient (Wildman–Crippen LogP) is 3.27. The molecule has 0 bridgehead atoms. The lowest BCUT2D eigenvalue weighted by atomic mass is 10.3. The van der Waals surface area contributed by atoms with Crippen LogP contribution in [0.3, 0.4) is 0 Å². The first-order valence-corrected chi connectivity index (χ1v) is 8.96. The topological polar surface area (TPSA) is 120 Å². The van der Waals surface area contributed by atoms with Crippen molar-refractivity contribution in [2.24, 2.45) is 0 Å². The molecule has 136 valence electrons. The van der Waals surface area contributed by atoms with E-state index in [0.29, 0.717) is 23.5 Å². The molecule has 1 saturated carbocycles. The van der Waals surface area contributed by atoms with Crippen LogP contribution in [0.1, 0.15) is 43.2 Å². The summed E-state index contributed by atoms with van der Waals surface area (Å²) in [6.45, 7) is 1.98. The van der Waals surface area contributed by atoms with Gasteiger partial charge in [-0.25, -0.2) is 15.0 Å². The third kappa shape index (κ3) is 3.31. The Morgan fingerprint density at radius 1 is 1.15 bits per heavy atom. The van der Waals surface area contributed by atoms with Crippen LogP contribution in [-0.4, -0.2) is 35.1 Å². The highest BCUT2D eigenvalue weighted by atomic mass is 15.2. The zero-order chi connectivity index (χ0) is 18.2. The first kappa shape index (κ1) is 15.7. The Balaban J connectivity index is 1.30. The van der Waals surface area contributed by atoms with Gasteiger partial charge >= 0.3 is 0 Å². The number of fused-ring (bicyclic) bond motifs is 1. The second kappa shape index (κ2) is 6.35. The van der Waals surface area contributed by atoms with Gasteiger partial charge in [-0.05, 0) is 31.9 Å². The molecule has 0 radical (unpaired) electrons. The zero-order valence-corrected chi connectivity index (χ0v) is 14.8. The number of nitrogens with zero attached hydrogens (tertiary/aromatic N) is 5. The third-order valence-electron chi connectivity index (χ3n) is 4.58. The van der Waals surface area contributed by atoms with Gasteiger partial charge in [0.1, 0.15) is 5.82 Å². The molecule has 4 heterocycles. The van der Waals surface area contributed by atoms with Crippen LogP contribution in [0.2, 0.25) is 0 Å². The lowest BCUT2D eigenvalue weighted by molar-refractivity contribution is 0.785. The standard InChI is InChI=1S/C18H19N9/c1-10(17-21-9-14-12(23-17)4-6-19-14)22-18-20-7-5-15(25-18)24-16-8-13(26-27-16)11-2-3-11/h4-11,19H,2-3H2,1H3,(H3,20,22,24,25,26,27). The van der Waals surface area contributed by atoms with Crippen LogP contribution >= 0.6 is 0 Å². The van der Waals surface area contributed by atoms with E-state index in [-0.39, 0.29) is 6.04 Å². The van der Waals surface area contributed by atoms with Gasteiger partial charge in [0.2, 0.25) is 5.95 Å². The number of rotatable bonds is 6. The molecule has 1 fully saturated rings. The van der Waals surface area contributed by atoms with Gasteiger partial charge in [-0.3, -0.25) is 5.10 Å². The van der Waals surface area contributed by atoms with Gasteiger partial charge in [0, 0.05) is 30.1 Å². The van der Waals surface area contributed by atoms with E-state index < -0.39 is 0 Å². The maximum atomic E-state index is 4.56. The SMILES string of the molecule is CC(Nc1nccc(Nc2cc(C3CC3)[nH]n2)n1)c1ncc2[nH]ccc2n1. The summed E-state index contributed by atoms with van der Waals surface area (Å²) in [6.07, 6.45) is 7.80. The van der Waals surface area contributed by atoms with Crippen molar-refractivity contribution in [2.45, 2.75) is 31.7 Å². The molecule has 5 rings (SSSR count). The van der Waals surface area contributed by atoms with E-state index in [1.807, 2.05) is 31.3 Å². The zero-order valence-electron chi connectivity index (χ0n) is 14.8. The molecule has 4 N–H and O–H groups in total. The molecule has 1 unspecified atom stereocenters. The molecular weight excluding hydrogens is 342 g/mol. The summed E-state index contributed by atoms with van der Waals surface area (Å²) in [6, 6.07) is 5.64. The lowest BCUT2D eigenvalue weighted by Gasteiger charge is -2.13. The maximum absolute atomic E-state index is 4.56. The Hall–Kier alpha value is -3.49. The molecule has 4 aromatic heterocycles. The third-order valence-corrected chi connectivity index (χ3v) is 4.58. The monoisotopic (exact) mass is 361 g/mol. The molecule has 0 saturated heterocycles. The molecule has 1 atom stereocenters. The molecule has 0 aliphatic heterocycles. The number of anilines is 3. The first-order valence-electron chi connectivity index (χ1n) is 8.96. The van der Waals surface area contributed by atoms with Crippen LogP contribution in [-0.2, 0) is 0 Å². The lowest BCUT2D eigenvalue weighted by Crippen LogP contribution is -2.13. The summed E-state index contributed by atoms with van der Waals surface area (Å²) in [5, 5.41) is 13.8. The molecule has 0 spiro atoms. The summed E-state index contributed by atoms with van der Waals surface area (Å²) in [5.41, 5.74) is 2.98. The number of nitrogens with one attached hydrogen (secondary N) is 4. The van der Waals surface area contributed by atoms with Crippen LogP contribution in [0.15, 0.2) is 36.8 Å². The Labute approximate surface area is 155 Å². The quantitative estimate of drug-likeness (QED) is 0.416. The number of H-pyrrole nitrogens is 2. The second-order valence-electron chi connectivity index (χ2n) is 6.74. The number of hydrogen-bond acceptors (Lipinski definition) is 7. The van der Waals surface area contributed by atoms with Gasteiger partial charge in [-0.1, -0.05) is 0 Å². The van der Waals surface area contributed by atoms with Gasteiger partial charge in [0.25, 0.3) is 0 Å². The van der Waals surface area contributed by atoms with E-state index in [1.54, 1.807) is 12.4 Å². The van der Waals surface area contributed by atoms with E-state index in [1.165, 1.54) is 18.5 Å². The van der Waals surface area contributed by atoms with Crippen molar-refractivity contribution in [3.05, 3.63) is 48.3 Å².